The van der Waals surface area contributed by atoms with E-state index in [1.165, 1.54) is 38.5 Å². The minimum atomic E-state index is -3.87. The molecule has 1 aliphatic rings. The third-order valence-corrected chi connectivity index (χ3v) is 5.40. The second-order valence-corrected chi connectivity index (χ2v) is 7.11. The van der Waals surface area contributed by atoms with Gasteiger partial charge in [0, 0.05) is 17.3 Å². The normalized spacial score (nSPS) is 15.6. The third kappa shape index (κ3) is 3.28. The van der Waals surface area contributed by atoms with Crippen LogP contribution in [0.1, 0.15) is 12.5 Å². The number of anilines is 1. The van der Waals surface area contributed by atoms with Crippen molar-refractivity contribution in [3.05, 3.63) is 59.4 Å². The fourth-order valence-electron chi connectivity index (χ4n) is 2.67. The van der Waals surface area contributed by atoms with Gasteiger partial charge in [-0.25, -0.2) is 4.39 Å². The van der Waals surface area contributed by atoms with E-state index in [9.17, 15) is 12.8 Å². The third-order valence-electron chi connectivity index (χ3n) is 3.92. The fraction of sp³-hybridized carbons (Fsp3) is 0.167. The van der Waals surface area contributed by atoms with Crippen molar-refractivity contribution in [3.8, 4) is 11.5 Å². The predicted octanol–water partition coefficient (Wildman–Crippen LogP) is 3.43. The molecule has 8 heteroatoms. The molecule has 0 fully saturated rings. The molecule has 0 spiro atoms. The van der Waals surface area contributed by atoms with Crippen LogP contribution in [0.3, 0.4) is 0 Å². The smallest absolute Gasteiger partial charge is 0.285 e. The van der Waals surface area contributed by atoms with Gasteiger partial charge in [0.05, 0.1) is 14.2 Å². The summed E-state index contributed by atoms with van der Waals surface area (Å²) in [5, 5.41) is 2.99. The van der Waals surface area contributed by atoms with Gasteiger partial charge >= 0.3 is 0 Å². The second kappa shape index (κ2) is 6.80. The van der Waals surface area contributed by atoms with E-state index in [2.05, 4.69) is 9.71 Å². The van der Waals surface area contributed by atoms with E-state index < -0.39 is 15.8 Å². The van der Waals surface area contributed by atoms with Crippen LogP contribution >= 0.6 is 0 Å². The lowest BCUT2D eigenvalue weighted by Crippen LogP contribution is -2.11. The zero-order chi connectivity index (χ0) is 18.9. The SMILES string of the molecule is COc1ccc(NC2=NS(=O)(=O)C(c3ccc(F)cc3)=C2C)cc1OC. The molecule has 0 unspecified atom stereocenters. The molecule has 1 aliphatic heterocycles. The van der Waals surface area contributed by atoms with Crippen LogP contribution in [-0.2, 0) is 10.0 Å². The molecule has 6 nitrogen and oxygen atoms in total. The molecule has 2 aromatic carbocycles. The van der Waals surface area contributed by atoms with Gasteiger partial charge in [-0.15, -0.1) is 4.40 Å². The average Bonchev–Trinajstić information content (AvgIpc) is 2.84. The number of sulfonamides is 1. The largest absolute Gasteiger partial charge is 0.493 e. The van der Waals surface area contributed by atoms with Crippen LogP contribution < -0.4 is 14.8 Å². The Morgan fingerprint density at radius 1 is 1.00 bits per heavy atom. The van der Waals surface area contributed by atoms with E-state index in [0.29, 0.717) is 28.3 Å². The highest BCUT2D eigenvalue weighted by Gasteiger charge is 2.31. The van der Waals surface area contributed by atoms with Gasteiger partial charge in [0.2, 0.25) is 0 Å². The van der Waals surface area contributed by atoms with Gasteiger partial charge in [0.25, 0.3) is 10.0 Å². The van der Waals surface area contributed by atoms with E-state index in [-0.39, 0.29) is 10.7 Å². The molecule has 0 bridgehead atoms. The Kier molecular flexibility index (Phi) is 4.69. The lowest BCUT2D eigenvalue weighted by Gasteiger charge is -2.11. The molecule has 1 heterocycles. The summed E-state index contributed by atoms with van der Waals surface area (Å²) in [4.78, 5) is 0.0560. The van der Waals surface area contributed by atoms with E-state index >= 15 is 0 Å². The molecule has 1 N–H and O–H groups in total. The fourth-order valence-corrected chi connectivity index (χ4v) is 4.10. The number of nitrogens with zero attached hydrogens (tertiary/aromatic N) is 1. The minimum Gasteiger partial charge on any atom is -0.493 e. The first-order chi connectivity index (χ1) is 12.4. The molecule has 0 aliphatic carbocycles. The number of nitrogens with one attached hydrogen (secondary N) is 1. The average molecular weight is 376 g/mol. The van der Waals surface area contributed by atoms with Crippen LogP contribution in [0.2, 0.25) is 0 Å². The molecule has 0 radical (unpaired) electrons. The minimum absolute atomic E-state index is 0.0560. The monoisotopic (exact) mass is 376 g/mol. The maximum atomic E-state index is 13.1. The van der Waals surface area contributed by atoms with Gasteiger partial charge in [-0.2, -0.15) is 8.42 Å². The number of hydrogen-bond acceptors (Lipinski definition) is 5. The van der Waals surface area contributed by atoms with Crippen LogP contribution in [0.25, 0.3) is 4.91 Å². The summed E-state index contributed by atoms with van der Waals surface area (Å²) in [5.41, 5.74) is 1.43. The van der Waals surface area contributed by atoms with Crippen molar-refractivity contribution in [1.29, 1.82) is 0 Å². The Morgan fingerprint density at radius 2 is 1.65 bits per heavy atom. The number of benzene rings is 2. The quantitative estimate of drug-likeness (QED) is 0.885. The Balaban J connectivity index is 1.98. The van der Waals surface area contributed by atoms with Gasteiger partial charge in [-0.3, -0.25) is 0 Å². The lowest BCUT2D eigenvalue weighted by molar-refractivity contribution is 0.355. The molecule has 0 aromatic heterocycles. The highest BCUT2D eigenvalue weighted by molar-refractivity contribution is 8.00. The summed E-state index contributed by atoms with van der Waals surface area (Å²) in [6.45, 7) is 1.65. The molecule has 0 amide bonds. The van der Waals surface area contributed by atoms with Crippen molar-refractivity contribution in [2.45, 2.75) is 6.92 Å². The number of methoxy groups -OCH3 is 2. The predicted molar refractivity (Wildman–Crippen MR) is 98.5 cm³/mol. The summed E-state index contributed by atoms with van der Waals surface area (Å²) in [6.07, 6.45) is 0. The van der Waals surface area contributed by atoms with E-state index in [1.54, 1.807) is 25.1 Å². The number of halogens is 1. The van der Waals surface area contributed by atoms with Gasteiger partial charge in [-0.1, -0.05) is 12.1 Å². The van der Waals surface area contributed by atoms with Crippen LogP contribution in [0.15, 0.2) is 52.4 Å². The van der Waals surface area contributed by atoms with E-state index in [4.69, 9.17) is 9.47 Å². The van der Waals surface area contributed by atoms with Crippen LogP contribution in [0.5, 0.6) is 11.5 Å². The zero-order valence-corrected chi connectivity index (χ0v) is 15.2. The molecule has 0 saturated heterocycles. The van der Waals surface area contributed by atoms with E-state index in [0.717, 1.165) is 0 Å². The van der Waals surface area contributed by atoms with Crippen molar-refractivity contribution >= 4 is 26.5 Å². The highest BCUT2D eigenvalue weighted by atomic mass is 32.2. The van der Waals surface area contributed by atoms with Crippen molar-refractivity contribution in [3.63, 3.8) is 0 Å². The second-order valence-electron chi connectivity index (χ2n) is 5.57. The topological polar surface area (TPSA) is 77.0 Å². The molecule has 2 aromatic rings. The summed E-state index contributed by atoms with van der Waals surface area (Å²) in [5.74, 6) is 0.821. The standard InChI is InChI=1S/C18H17FN2O4S/c1-11-17(12-4-6-13(19)7-5-12)26(22,23)21-18(11)20-14-8-9-15(24-2)16(10-14)25-3/h4-10H,1-3H3,(H,20,21). The first-order valence-electron chi connectivity index (χ1n) is 7.67. The number of rotatable bonds is 4. The molecule has 0 saturated carbocycles. The van der Waals surface area contributed by atoms with Crippen molar-refractivity contribution in [2.24, 2.45) is 4.40 Å². The Morgan fingerprint density at radius 3 is 2.27 bits per heavy atom. The molecule has 0 atom stereocenters. The Hall–Kier alpha value is -2.87. The number of amidine groups is 1. The molecule has 3 rings (SSSR count). The number of hydrogen-bond donors (Lipinski definition) is 1. The first-order valence-corrected chi connectivity index (χ1v) is 9.11. The van der Waals surface area contributed by atoms with Crippen LogP contribution in [-0.4, -0.2) is 28.5 Å². The lowest BCUT2D eigenvalue weighted by atomic mass is 10.1. The van der Waals surface area contributed by atoms with Gasteiger partial charge in [-0.05, 0) is 36.8 Å². The van der Waals surface area contributed by atoms with Crippen LogP contribution in [0, 0.1) is 5.82 Å². The first kappa shape index (κ1) is 17.9. The van der Waals surface area contributed by atoms with Crippen molar-refractivity contribution < 1.29 is 22.3 Å². The van der Waals surface area contributed by atoms with Gasteiger partial charge in [0.15, 0.2) is 11.5 Å². The van der Waals surface area contributed by atoms with E-state index in [1.807, 2.05) is 0 Å². The summed E-state index contributed by atoms with van der Waals surface area (Å²) in [6, 6.07) is 10.4. The maximum Gasteiger partial charge on any atom is 0.285 e. The summed E-state index contributed by atoms with van der Waals surface area (Å²) < 4.78 is 52.3. The maximum absolute atomic E-state index is 13.1. The Labute approximate surface area is 151 Å². The molecule has 26 heavy (non-hydrogen) atoms. The van der Waals surface area contributed by atoms with Crippen molar-refractivity contribution in [1.82, 2.24) is 0 Å². The summed E-state index contributed by atoms with van der Waals surface area (Å²) in [7, 11) is -0.834. The summed E-state index contributed by atoms with van der Waals surface area (Å²) >= 11 is 0. The van der Waals surface area contributed by atoms with Gasteiger partial charge < -0.3 is 14.8 Å². The molecule has 136 valence electrons. The van der Waals surface area contributed by atoms with Gasteiger partial charge in [0.1, 0.15) is 16.6 Å². The van der Waals surface area contributed by atoms with Crippen LogP contribution in [0.4, 0.5) is 10.1 Å². The number of ether oxygens (including phenoxy) is 2. The highest BCUT2D eigenvalue weighted by Crippen LogP contribution is 2.34. The molecular weight excluding hydrogens is 359 g/mol. The zero-order valence-electron chi connectivity index (χ0n) is 14.4. The molecular formula is C18H17FN2O4S. The Bertz CT molecular complexity index is 1010. The van der Waals surface area contributed by atoms with Crippen molar-refractivity contribution in [2.75, 3.05) is 19.5 Å².